The van der Waals surface area contributed by atoms with E-state index in [2.05, 4.69) is 0 Å². The average Bonchev–Trinajstić information content (AvgIpc) is 2.39. The molecule has 1 rings (SSSR count). The lowest BCUT2D eigenvalue weighted by Gasteiger charge is -2.18. The Kier molecular flexibility index (Phi) is 5.51. The van der Waals surface area contributed by atoms with E-state index in [1.807, 2.05) is 30.3 Å². The van der Waals surface area contributed by atoms with Crippen molar-refractivity contribution in [1.82, 2.24) is 0 Å². The quantitative estimate of drug-likeness (QED) is 0.819. The lowest BCUT2D eigenvalue weighted by atomic mass is 10.1. The first-order chi connectivity index (χ1) is 8.91. The van der Waals surface area contributed by atoms with E-state index in [1.165, 1.54) is 13.8 Å². The Morgan fingerprint density at radius 2 is 1.58 bits per heavy atom. The first-order valence-corrected chi connectivity index (χ1v) is 6.05. The highest BCUT2D eigenvalue weighted by Crippen LogP contribution is 2.17. The van der Waals surface area contributed by atoms with Gasteiger partial charge in [-0.05, 0) is 26.3 Å². The van der Waals surface area contributed by atoms with Crippen molar-refractivity contribution in [3.63, 3.8) is 0 Å². The second-order valence-electron chi connectivity index (χ2n) is 4.24. The second kappa shape index (κ2) is 6.89. The molecule has 1 unspecified atom stereocenters. The average molecular weight is 266 g/mol. The molecule has 19 heavy (non-hydrogen) atoms. The van der Waals surface area contributed by atoms with Crippen LogP contribution in [0.4, 0.5) is 0 Å². The highest BCUT2D eigenvalue weighted by Gasteiger charge is 2.23. The minimum absolute atomic E-state index is 0.429. The van der Waals surface area contributed by atoms with Crippen molar-refractivity contribution in [2.24, 2.45) is 0 Å². The molecule has 3 atom stereocenters. The van der Waals surface area contributed by atoms with Crippen molar-refractivity contribution < 1.29 is 24.2 Å². The van der Waals surface area contributed by atoms with Gasteiger partial charge in [0.1, 0.15) is 12.2 Å². The number of carbonyl (C=O) groups is 2. The fourth-order valence-corrected chi connectivity index (χ4v) is 1.38. The fourth-order valence-electron chi connectivity index (χ4n) is 1.38. The van der Waals surface area contributed by atoms with Crippen molar-refractivity contribution in [3.8, 4) is 0 Å². The summed E-state index contributed by atoms with van der Waals surface area (Å²) in [6, 6.07) is 9.23. The molecule has 0 fully saturated rings. The second-order valence-corrected chi connectivity index (χ2v) is 4.24. The minimum Gasteiger partial charge on any atom is -0.455 e. The van der Waals surface area contributed by atoms with Crippen LogP contribution >= 0.6 is 0 Å². The van der Waals surface area contributed by atoms with E-state index >= 15 is 0 Å². The van der Waals surface area contributed by atoms with Gasteiger partial charge < -0.3 is 14.6 Å². The molecule has 0 saturated heterocycles. The number of ether oxygens (including phenoxy) is 2. The Morgan fingerprint density at radius 3 is 2.11 bits per heavy atom. The van der Waals surface area contributed by atoms with Gasteiger partial charge in [-0.25, -0.2) is 9.59 Å². The van der Waals surface area contributed by atoms with Crippen LogP contribution in [0.2, 0.25) is 0 Å². The first kappa shape index (κ1) is 15.2. The first-order valence-electron chi connectivity index (χ1n) is 6.05. The maximum atomic E-state index is 11.7. The number of hydrogen-bond donors (Lipinski definition) is 1. The van der Waals surface area contributed by atoms with Crippen molar-refractivity contribution >= 4 is 11.9 Å². The summed E-state index contributed by atoms with van der Waals surface area (Å²) in [5.41, 5.74) is 0.852. The molecule has 1 aromatic rings. The number of aliphatic hydroxyl groups is 1. The van der Waals surface area contributed by atoms with Gasteiger partial charge in [0.25, 0.3) is 0 Å². The molecule has 104 valence electrons. The van der Waals surface area contributed by atoms with E-state index in [-0.39, 0.29) is 0 Å². The van der Waals surface area contributed by atoms with Gasteiger partial charge in [0.05, 0.1) is 0 Å². The van der Waals surface area contributed by atoms with Crippen LogP contribution < -0.4 is 0 Å². The Morgan fingerprint density at radius 1 is 1.00 bits per heavy atom. The van der Waals surface area contributed by atoms with Crippen molar-refractivity contribution in [1.29, 1.82) is 0 Å². The molecule has 0 heterocycles. The van der Waals surface area contributed by atoms with E-state index in [4.69, 9.17) is 14.6 Å². The molecule has 0 aromatic heterocycles. The van der Waals surface area contributed by atoms with Gasteiger partial charge >= 0.3 is 11.9 Å². The Balaban J connectivity index is 2.53. The molecule has 0 saturated carbocycles. The summed E-state index contributed by atoms with van der Waals surface area (Å²) in [5, 5.41) is 8.98. The van der Waals surface area contributed by atoms with Crippen LogP contribution in [0.25, 0.3) is 0 Å². The Hall–Kier alpha value is -1.88. The highest BCUT2D eigenvalue weighted by atomic mass is 16.6. The third kappa shape index (κ3) is 4.71. The van der Waals surface area contributed by atoms with Gasteiger partial charge in [0, 0.05) is 0 Å². The Bertz CT molecular complexity index is 427. The molecule has 5 heteroatoms. The predicted molar refractivity (Wildman–Crippen MR) is 68.2 cm³/mol. The summed E-state index contributed by atoms with van der Waals surface area (Å²) < 4.78 is 9.93. The minimum atomic E-state index is -1.26. The maximum absolute atomic E-state index is 11.7. The van der Waals surface area contributed by atoms with Gasteiger partial charge in [-0.2, -0.15) is 0 Å². The molecule has 0 aliphatic heterocycles. The number of esters is 2. The van der Waals surface area contributed by atoms with Crippen LogP contribution in [0.5, 0.6) is 0 Å². The fraction of sp³-hybridized carbons (Fsp3) is 0.429. The van der Waals surface area contributed by atoms with E-state index in [0.717, 1.165) is 5.56 Å². The number of aliphatic hydroxyl groups excluding tert-OH is 1. The molecule has 1 aromatic carbocycles. The van der Waals surface area contributed by atoms with Crippen LogP contribution in [-0.2, 0) is 19.1 Å². The van der Waals surface area contributed by atoms with Crippen molar-refractivity contribution in [2.45, 2.75) is 39.1 Å². The molecule has 0 spiro atoms. The standard InChI is InChI=1S/C14H18O5/c1-9(15)13(16)19-11(3)14(17)18-10(2)12-7-5-4-6-8-12/h4-11,15H,1-3H3/t9-,10?,11-/m0/s1. The lowest BCUT2D eigenvalue weighted by molar-refractivity contribution is -0.174. The molecular formula is C14H18O5. The number of hydrogen-bond acceptors (Lipinski definition) is 5. The smallest absolute Gasteiger partial charge is 0.347 e. The normalized spacial score (nSPS) is 15.2. The van der Waals surface area contributed by atoms with E-state index in [9.17, 15) is 9.59 Å². The van der Waals surface area contributed by atoms with Crippen LogP contribution in [0.15, 0.2) is 30.3 Å². The van der Waals surface area contributed by atoms with Crippen LogP contribution in [0.3, 0.4) is 0 Å². The highest BCUT2D eigenvalue weighted by molar-refractivity contribution is 5.80. The summed E-state index contributed by atoms with van der Waals surface area (Å²) in [7, 11) is 0. The summed E-state index contributed by atoms with van der Waals surface area (Å²) in [6.07, 6.45) is -2.74. The zero-order valence-electron chi connectivity index (χ0n) is 11.2. The third-order valence-electron chi connectivity index (χ3n) is 2.53. The van der Waals surface area contributed by atoms with Crippen LogP contribution in [-0.4, -0.2) is 29.3 Å². The number of rotatable bonds is 5. The molecular weight excluding hydrogens is 248 g/mol. The van der Waals surface area contributed by atoms with E-state index in [0.29, 0.717) is 0 Å². The molecule has 0 aliphatic carbocycles. The molecule has 0 aliphatic rings. The Labute approximate surface area is 112 Å². The zero-order valence-corrected chi connectivity index (χ0v) is 11.2. The monoisotopic (exact) mass is 266 g/mol. The third-order valence-corrected chi connectivity index (χ3v) is 2.53. The largest absolute Gasteiger partial charge is 0.455 e. The lowest BCUT2D eigenvalue weighted by Crippen LogP contribution is -2.31. The van der Waals surface area contributed by atoms with E-state index < -0.39 is 30.3 Å². The molecule has 1 N–H and O–H groups in total. The van der Waals surface area contributed by atoms with Crippen molar-refractivity contribution in [2.75, 3.05) is 0 Å². The van der Waals surface area contributed by atoms with E-state index in [1.54, 1.807) is 6.92 Å². The van der Waals surface area contributed by atoms with Crippen LogP contribution in [0, 0.1) is 0 Å². The maximum Gasteiger partial charge on any atom is 0.347 e. The summed E-state index contributed by atoms with van der Waals surface area (Å²) >= 11 is 0. The number of carbonyl (C=O) groups excluding carboxylic acids is 2. The molecule has 5 nitrogen and oxygen atoms in total. The topological polar surface area (TPSA) is 72.8 Å². The van der Waals surface area contributed by atoms with Crippen molar-refractivity contribution in [3.05, 3.63) is 35.9 Å². The van der Waals surface area contributed by atoms with Gasteiger partial charge in [-0.1, -0.05) is 30.3 Å². The van der Waals surface area contributed by atoms with Gasteiger partial charge in [0.2, 0.25) is 0 Å². The number of benzene rings is 1. The SMILES string of the molecule is CC(OC(=O)[C@H](C)OC(=O)[C@H](C)O)c1ccccc1. The summed E-state index contributed by atoms with van der Waals surface area (Å²) in [6.45, 7) is 4.41. The van der Waals surface area contributed by atoms with Gasteiger partial charge in [-0.3, -0.25) is 0 Å². The summed E-state index contributed by atoms with van der Waals surface area (Å²) in [4.78, 5) is 22.8. The summed E-state index contributed by atoms with van der Waals surface area (Å²) in [5.74, 6) is -1.50. The van der Waals surface area contributed by atoms with Gasteiger partial charge in [0.15, 0.2) is 6.10 Å². The molecule has 0 bridgehead atoms. The van der Waals surface area contributed by atoms with Gasteiger partial charge in [-0.15, -0.1) is 0 Å². The predicted octanol–water partition coefficient (Wildman–Crippen LogP) is 1.60. The molecule has 0 amide bonds. The van der Waals surface area contributed by atoms with Crippen LogP contribution in [0.1, 0.15) is 32.4 Å². The molecule has 0 radical (unpaired) electrons. The zero-order chi connectivity index (χ0) is 14.4.